The maximum Gasteiger partial charge on any atom is 0.244 e. The van der Waals surface area contributed by atoms with Crippen LogP contribution in [0.1, 0.15) is 25.5 Å². The first-order valence-corrected chi connectivity index (χ1v) is 8.16. The van der Waals surface area contributed by atoms with E-state index in [2.05, 4.69) is 23.3 Å². The highest BCUT2D eigenvalue weighted by Gasteiger charge is 2.48. The third-order valence-electron chi connectivity index (χ3n) is 4.03. The molecule has 0 radical (unpaired) electrons. The number of anilines is 1. The van der Waals surface area contributed by atoms with Crippen LogP contribution in [0.5, 0.6) is 0 Å². The van der Waals surface area contributed by atoms with Gasteiger partial charge >= 0.3 is 0 Å². The van der Waals surface area contributed by atoms with Gasteiger partial charge < -0.3 is 5.32 Å². The van der Waals surface area contributed by atoms with Crippen molar-refractivity contribution < 1.29 is 4.79 Å². The predicted molar refractivity (Wildman–Crippen MR) is 87.4 cm³/mol. The zero-order chi connectivity index (χ0) is 15.7. The SMILES string of the molecule is Cc1csc(-c2cccc(NC(=O)C3(C#N)CC(C)C3)c2)n1. The molecule has 1 amide bonds. The van der Waals surface area contributed by atoms with Crippen molar-refractivity contribution in [2.24, 2.45) is 11.3 Å². The number of aromatic nitrogens is 1. The Bertz CT molecular complexity index is 753. The first-order chi connectivity index (χ1) is 10.5. The summed E-state index contributed by atoms with van der Waals surface area (Å²) < 4.78 is 0. The first-order valence-electron chi connectivity index (χ1n) is 7.28. The van der Waals surface area contributed by atoms with Gasteiger partial charge in [-0.25, -0.2) is 4.98 Å². The van der Waals surface area contributed by atoms with Crippen LogP contribution in [0.2, 0.25) is 0 Å². The second-order valence-corrected chi connectivity index (χ2v) is 6.89. The molecule has 1 aliphatic carbocycles. The van der Waals surface area contributed by atoms with Gasteiger partial charge in [0.25, 0.3) is 0 Å². The van der Waals surface area contributed by atoms with E-state index in [0.29, 0.717) is 24.4 Å². The predicted octanol–water partition coefficient (Wildman–Crippen LogP) is 4.00. The monoisotopic (exact) mass is 311 g/mol. The van der Waals surface area contributed by atoms with E-state index in [4.69, 9.17) is 0 Å². The Kier molecular flexibility index (Phi) is 3.71. The van der Waals surface area contributed by atoms with Crippen LogP contribution in [0.4, 0.5) is 5.69 Å². The zero-order valence-corrected chi connectivity index (χ0v) is 13.4. The molecule has 1 aliphatic rings. The highest BCUT2D eigenvalue weighted by molar-refractivity contribution is 7.13. The number of hydrogen-bond donors (Lipinski definition) is 1. The van der Waals surface area contributed by atoms with Gasteiger partial charge in [0.05, 0.1) is 6.07 Å². The molecular weight excluding hydrogens is 294 g/mol. The van der Waals surface area contributed by atoms with Crippen LogP contribution in [0.15, 0.2) is 29.6 Å². The summed E-state index contributed by atoms with van der Waals surface area (Å²) in [5.41, 5.74) is 1.82. The molecule has 22 heavy (non-hydrogen) atoms. The lowest BCUT2D eigenvalue weighted by molar-refractivity contribution is -0.128. The van der Waals surface area contributed by atoms with Gasteiger partial charge in [0.1, 0.15) is 10.4 Å². The van der Waals surface area contributed by atoms with Crippen LogP contribution in [0.25, 0.3) is 10.6 Å². The third-order valence-corrected chi connectivity index (χ3v) is 5.04. The maximum absolute atomic E-state index is 12.4. The molecule has 112 valence electrons. The molecule has 4 nitrogen and oxygen atoms in total. The molecule has 0 saturated heterocycles. The molecule has 0 bridgehead atoms. The maximum atomic E-state index is 12.4. The second-order valence-electron chi connectivity index (χ2n) is 6.04. The Morgan fingerprint density at radius 1 is 1.50 bits per heavy atom. The summed E-state index contributed by atoms with van der Waals surface area (Å²) in [5, 5.41) is 15.1. The molecule has 5 heteroatoms. The number of nitriles is 1. The topological polar surface area (TPSA) is 65.8 Å². The van der Waals surface area contributed by atoms with Crippen molar-refractivity contribution in [1.82, 2.24) is 4.98 Å². The molecule has 1 saturated carbocycles. The molecule has 0 aliphatic heterocycles. The smallest absolute Gasteiger partial charge is 0.244 e. The van der Waals surface area contributed by atoms with E-state index in [1.165, 1.54) is 0 Å². The van der Waals surface area contributed by atoms with E-state index in [9.17, 15) is 10.1 Å². The van der Waals surface area contributed by atoms with Gasteiger partial charge in [0, 0.05) is 22.3 Å². The zero-order valence-electron chi connectivity index (χ0n) is 12.6. The van der Waals surface area contributed by atoms with Crippen LogP contribution >= 0.6 is 11.3 Å². The molecule has 1 aromatic heterocycles. The van der Waals surface area contributed by atoms with Gasteiger partial charge in [-0.1, -0.05) is 19.1 Å². The standard InChI is InChI=1S/C17H17N3OS/c1-11-7-17(8-11,10-18)16(21)20-14-5-3-4-13(6-14)15-19-12(2)9-22-15/h3-6,9,11H,7-8H2,1-2H3,(H,20,21). The number of carbonyl (C=O) groups excluding carboxylic acids is 1. The Hall–Kier alpha value is -2.19. The number of nitrogens with one attached hydrogen (secondary N) is 1. The summed E-state index contributed by atoms with van der Waals surface area (Å²) in [7, 11) is 0. The minimum absolute atomic E-state index is 0.194. The van der Waals surface area contributed by atoms with E-state index >= 15 is 0 Å². The summed E-state index contributed by atoms with van der Waals surface area (Å²) in [6.45, 7) is 4.02. The first kappa shape index (κ1) is 14.7. The van der Waals surface area contributed by atoms with Gasteiger partial charge in [-0.2, -0.15) is 5.26 Å². The van der Waals surface area contributed by atoms with E-state index in [-0.39, 0.29) is 5.91 Å². The Morgan fingerprint density at radius 3 is 2.86 bits per heavy atom. The number of benzene rings is 1. The summed E-state index contributed by atoms with van der Waals surface area (Å²) in [6, 6.07) is 9.81. The number of rotatable bonds is 3. The molecular formula is C17H17N3OS. The summed E-state index contributed by atoms with van der Waals surface area (Å²) >= 11 is 1.58. The van der Waals surface area contributed by atoms with Crippen molar-refractivity contribution in [3.63, 3.8) is 0 Å². The summed E-state index contributed by atoms with van der Waals surface area (Å²) in [4.78, 5) is 16.9. The van der Waals surface area contributed by atoms with Gasteiger partial charge in [-0.15, -0.1) is 11.3 Å². The Morgan fingerprint density at radius 2 is 2.27 bits per heavy atom. The van der Waals surface area contributed by atoms with Gasteiger partial charge in [-0.3, -0.25) is 4.79 Å². The molecule has 0 unspecified atom stereocenters. The van der Waals surface area contributed by atoms with Crippen molar-refractivity contribution in [2.45, 2.75) is 26.7 Å². The lowest BCUT2D eigenvalue weighted by Crippen LogP contribution is -2.45. The van der Waals surface area contributed by atoms with E-state index in [0.717, 1.165) is 16.3 Å². The highest BCUT2D eigenvalue weighted by atomic mass is 32.1. The Labute approximate surface area is 133 Å². The fourth-order valence-corrected chi connectivity index (χ4v) is 3.72. The molecule has 0 atom stereocenters. The number of amides is 1. The van der Waals surface area contributed by atoms with E-state index < -0.39 is 5.41 Å². The summed E-state index contributed by atoms with van der Waals surface area (Å²) in [5.74, 6) is 0.246. The molecule has 1 N–H and O–H groups in total. The van der Waals surface area contributed by atoms with E-state index in [1.807, 2.05) is 36.6 Å². The number of nitrogens with zero attached hydrogens (tertiary/aromatic N) is 2. The average Bonchev–Trinajstić information content (AvgIpc) is 2.90. The molecule has 1 aromatic carbocycles. The fourth-order valence-electron chi connectivity index (χ4n) is 2.92. The second kappa shape index (κ2) is 5.54. The molecule has 2 aromatic rings. The Balaban J connectivity index is 1.79. The van der Waals surface area contributed by atoms with Gasteiger partial charge in [-0.05, 0) is 37.8 Å². The number of carbonyl (C=O) groups is 1. The number of hydrogen-bond acceptors (Lipinski definition) is 4. The molecule has 0 spiro atoms. The number of aryl methyl sites for hydroxylation is 1. The largest absolute Gasteiger partial charge is 0.325 e. The fraction of sp³-hybridized carbons (Fsp3) is 0.353. The lowest BCUT2D eigenvalue weighted by Gasteiger charge is -2.39. The van der Waals surface area contributed by atoms with Crippen LogP contribution in [0.3, 0.4) is 0 Å². The van der Waals surface area contributed by atoms with Crippen molar-refractivity contribution in [3.05, 3.63) is 35.3 Å². The van der Waals surface area contributed by atoms with Crippen LogP contribution < -0.4 is 5.32 Å². The normalized spacial score (nSPS) is 23.4. The minimum Gasteiger partial charge on any atom is -0.325 e. The lowest BCUT2D eigenvalue weighted by atomic mass is 9.63. The van der Waals surface area contributed by atoms with Crippen molar-refractivity contribution in [1.29, 1.82) is 5.26 Å². The van der Waals surface area contributed by atoms with Crippen molar-refractivity contribution in [2.75, 3.05) is 5.32 Å². The number of thiazole rings is 1. The third kappa shape index (κ3) is 2.62. The molecule has 3 rings (SSSR count). The summed E-state index contributed by atoms with van der Waals surface area (Å²) in [6.07, 6.45) is 1.28. The van der Waals surface area contributed by atoms with Gasteiger partial charge in [0.15, 0.2) is 0 Å². The van der Waals surface area contributed by atoms with Crippen LogP contribution in [-0.4, -0.2) is 10.9 Å². The van der Waals surface area contributed by atoms with Crippen molar-refractivity contribution in [3.8, 4) is 16.6 Å². The molecule has 1 fully saturated rings. The minimum atomic E-state index is -0.854. The van der Waals surface area contributed by atoms with E-state index in [1.54, 1.807) is 11.3 Å². The van der Waals surface area contributed by atoms with Gasteiger partial charge in [0.2, 0.25) is 5.91 Å². The average molecular weight is 311 g/mol. The molecule has 1 heterocycles. The van der Waals surface area contributed by atoms with Crippen LogP contribution in [-0.2, 0) is 4.79 Å². The highest BCUT2D eigenvalue weighted by Crippen LogP contribution is 2.45. The van der Waals surface area contributed by atoms with Crippen molar-refractivity contribution >= 4 is 22.9 Å². The quantitative estimate of drug-likeness (QED) is 0.931. The van der Waals surface area contributed by atoms with Crippen LogP contribution in [0, 0.1) is 29.6 Å².